The highest BCUT2D eigenvalue weighted by Crippen LogP contribution is 2.36. The van der Waals surface area contributed by atoms with Crippen LogP contribution in [0.15, 0.2) is 47.3 Å². The van der Waals surface area contributed by atoms with Crippen LogP contribution in [0.2, 0.25) is 0 Å². The first kappa shape index (κ1) is 17.5. The van der Waals surface area contributed by atoms with E-state index < -0.39 is 0 Å². The maximum Gasteiger partial charge on any atom is 0.226 e. The van der Waals surface area contributed by atoms with Gasteiger partial charge in [-0.1, -0.05) is 19.1 Å². The topological polar surface area (TPSA) is 68.0 Å². The van der Waals surface area contributed by atoms with Gasteiger partial charge in [0.05, 0.1) is 11.7 Å². The molecule has 27 heavy (non-hydrogen) atoms. The lowest BCUT2D eigenvalue weighted by molar-refractivity contribution is -0.121. The summed E-state index contributed by atoms with van der Waals surface area (Å²) in [5.74, 6) is 0.721. The number of nitrogens with zero attached hydrogens (tertiary/aromatic N) is 2. The first-order valence-corrected chi connectivity index (χ1v) is 9.44. The van der Waals surface area contributed by atoms with E-state index >= 15 is 0 Å². The van der Waals surface area contributed by atoms with Crippen LogP contribution >= 0.6 is 0 Å². The van der Waals surface area contributed by atoms with Gasteiger partial charge in [-0.25, -0.2) is 4.98 Å². The van der Waals surface area contributed by atoms with Gasteiger partial charge in [0.25, 0.3) is 0 Å². The predicted molar refractivity (Wildman–Crippen MR) is 104 cm³/mol. The number of rotatable bonds is 4. The van der Waals surface area contributed by atoms with E-state index in [1.54, 1.807) is 6.26 Å². The molecule has 1 atom stereocenters. The number of aromatic nitrogens is 2. The highest BCUT2D eigenvalue weighted by atomic mass is 16.3. The second-order valence-electron chi connectivity index (χ2n) is 6.99. The summed E-state index contributed by atoms with van der Waals surface area (Å²) >= 11 is 0. The van der Waals surface area contributed by atoms with Crippen molar-refractivity contribution in [2.45, 2.75) is 45.6 Å². The van der Waals surface area contributed by atoms with Crippen LogP contribution in [0.5, 0.6) is 0 Å². The van der Waals surface area contributed by atoms with E-state index in [1.165, 1.54) is 5.56 Å². The molecule has 5 heteroatoms. The molecule has 2 heterocycles. The van der Waals surface area contributed by atoms with Crippen molar-refractivity contribution in [1.29, 1.82) is 0 Å². The van der Waals surface area contributed by atoms with Crippen molar-refractivity contribution < 1.29 is 9.21 Å². The van der Waals surface area contributed by atoms with Crippen LogP contribution in [0.3, 0.4) is 0 Å². The van der Waals surface area contributed by atoms with Crippen LogP contribution < -0.4 is 5.32 Å². The Labute approximate surface area is 158 Å². The fourth-order valence-electron chi connectivity index (χ4n) is 3.70. The number of oxazole rings is 1. The molecular weight excluding hydrogens is 338 g/mol. The molecule has 1 unspecified atom stereocenters. The maximum atomic E-state index is 11.9. The second-order valence-corrected chi connectivity index (χ2v) is 6.99. The SMILES string of the molecule is CCC(=O)NC1CCCc2c(-c3ccc(-c4nc(C)co4)cc3)cncc21. The van der Waals surface area contributed by atoms with Gasteiger partial charge in [0, 0.05) is 29.9 Å². The summed E-state index contributed by atoms with van der Waals surface area (Å²) < 4.78 is 5.48. The number of hydrogen-bond acceptors (Lipinski definition) is 4. The van der Waals surface area contributed by atoms with Crippen molar-refractivity contribution in [3.63, 3.8) is 0 Å². The first-order valence-electron chi connectivity index (χ1n) is 9.44. The number of carbonyl (C=O) groups is 1. The molecule has 1 aromatic carbocycles. The monoisotopic (exact) mass is 361 g/mol. The molecule has 1 aliphatic carbocycles. The van der Waals surface area contributed by atoms with Crippen molar-refractivity contribution in [3.05, 3.63) is 59.7 Å². The van der Waals surface area contributed by atoms with Crippen molar-refractivity contribution in [2.24, 2.45) is 0 Å². The quantitative estimate of drug-likeness (QED) is 0.736. The van der Waals surface area contributed by atoms with Gasteiger partial charge < -0.3 is 9.73 Å². The molecular formula is C22H23N3O2. The predicted octanol–water partition coefficient (Wildman–Crippen LogP) is 4.62. The molecule has 4 rings (SSSR count). The van der Waals surface area contributed by atoms with E-state index in [0.717, 1.165) is 47.2 Å². The molecule has 0 saturated carbocycles. The lowest BCUT2D eigenvalue weighted by Crippen LogP contribution is -2.30. The van der Waals surface area contributed by atoms with E-state index in [0.29, 0.717) is 12.3 Å². The number of carbonyl (C=O) groups excluding carboxylic acids is 1. The zero-order chi connectivity index (χ0) is 18.8. The number of nitrogens with one attached hydrogen (secondary N) is 1. The van der Waals surface area contributed by atoms with Crippen molar-refractivity contribution in [3.8, 4) is 22.6 Å². The normalized spacial score (nSPS) is 16.0. The van der Waals surface area contributed by atoms with Crippen LogP contribution in [-0.2, 0) is 11.2 Å². The molecule has 1 N–H and O–H groups in total. The third-order valence-corrected chi connectivity index (χ3v) is 5.10. The van der Waals surface area contributed by atoms with Crippen LogP contribution in [0.25, 0.3) is 22.6 Å². The number of amides is 1. The largest absolute Gasteiger partial charge is 0.444 e. The smallest absolute Gasteiger partial charge is 0.226 e. The van der Waals surface area contributed by atoms with Crippen LogP contribution in [0, 0.1) is 6.92 Å². The molecule has 0 spiro atoms. The molecule has 3 aromatic rings. The molecule has 138 valence electrons. The fraction of sp³-hybridized carbons (Fsp3) is 0.318. The van der Waals surface area contributed by atoms with Gasteiger partial charge >= 0.3 is 0 Å². The summed E-state index contributed by atoms with van der Waals surface area (Å²) in [5.41, 5.74) is 6.52. The van der Waals surface area contributed by atoms with E-state index in [2.05, 4.69) is 27.4 Å². The van der Waals surface area contributed by atoms with Crippen molar-refractivity contribution in [2.75, 3.05) is 0 Å². The Hall–Kier alpha value is -2.95. The van der Waals surface area contributed by atoms with Gasteiger partial charge in [0.15, 0.2) is 0 Å². The van der Waals surface area contributed by atoms with Crippen LogP contribution in [0.4, 0.5) is 0 Å². The summed E-state index contributed by atoms with van der Waals surface area (Å²) in [5, 5.41) is 3.14. The minimum absolute atomic E-state index is 0.0585. The van der Waals surface area contributed by atoms with Crippen molar-refractivity contribution in [1.82, 2.24) is 15.3 Å². The molecule has 0 radical (unpaired) electrons. The maximum absolute atomic E-state index is 11.9. The molecule has 5 nitrogen and oxygen atoms in total. The van der Waals surface area contributed by atoms with E-state index in [9.17, 15) is 4.79 Å². The van der Waals surface area contributed by atoms with Gasteiger partial charge in [-0.05, 0) is 55.0 Å². The zero-order valence-electron chi connectivity index (χ0n) is 15.7. The minimum atomic E-state index is 0.0585. The number of aryl methyl sites for hydroxylation is 1. The number of hydrogen-bond donors (Lipinski definition) is 1. The summed E-state index contributed by atoms with van der Waals surface area (Å²) in [6.45, 7) is 3.79. The van der Waals surface area contributed by atoms with E-state index in [4.69, 9.17) is 4.42 Å². The Bertz CT molecular complexity index is 960. The fourth-order valence-corrected chi connectivity index (χ4v) is 3.70. The van der Waals surface area contributed by atoms with Gasteiger partial charge in [-0.2, -0.15) is 0 Å². The van der Waals surface area contributed by atoms with Gasteiger partial charge in [0.2, 0.25) is 11.8 Å². The highest BCUT2D eigenvalue weighted by molar-refractivity contribution is 5.77. The minimum Gasteiger partial charge on any atom is -0.444 e. The average molecular weight is 361 g/mol. The Kier molecular flexibility index (Phi) is 4.75. The molecule has 0 aliphatic heterocycles. The zero-order valence-corrected chi connectivity index (χ0v) is 15.7. The summed E-state index contributed by atoms with van der Waals surface area (Å²) in [6.07, 6.45) is 9.02. The summed E-state index contributed by atoms with van der Waals surface area (Å²) in [7, 11) is 0. The number of pyridine rings is 1. The molecule has 0 saturated heterocycles. The third kappa shape index (κ3) is 3.50. The second kappa shape index (κ2) is 7.35. The summed E-state index contributed by atoms with van der Waals surface area (Å²) in [4.78, 5) is 20.7. The van der Waals surface area contributed by atoms with Crippen LogP contribution in [0.1, 0.15) is 49.0 Å². The lowest BCUT2D eigenvalue weighted by atomic mass is 9.84. The molecule has 0 bridgehead atoms. The molecule has 2 aromatic heterocycles. The third-order valence-electron chi connectivity index (χ3n) is 5.10. The Morgan fingerprint density at radius 3 is 2.70 bits per heavy atom. The van der Waals surface area contributed by atoms with Crippen molar-refractivity contribution >= 4 is 5.91 Å². The van der Waals surface area contributed by atoms with Gasteiger partial charge in [-0.3, -0.25) is 9.78 Å². The Morgan fingerprint density at radius 1 is 1.22 bits per heavy atom. The summed E-state index contributed by atoms with van der Waals surface area (Å²) in [6, 6.07) is 8.28. The molecule has 0 fully saturated rings. The molecule has 1 aliphatic rings. The Balaban J connectivity index is 1.66. The number of fused-ring (bicyclic) bond motifs is 1. The Morgan fingerprint density at radius 2 is 2.00 bits per heavy atom. The number of benzene rings is 1. The highest BCUT2D eigenvalue weighted by Gasteiger charge is 2.24. The lowest BCUT2D eigenvalue weighted by Gasteiger charge is -2.27. The van der Waals surface area contributed by atoms with E-state index in [1.807, 2.05) is 38.4 Å². The van der Waals surface area contributed by atoms with Gasteiger partial charge in [-0.15, -0.1) is 0 Å². The molecule has 1 amide bonds. The first-order chi connectivity index (χ1) is 13.2. The van der Waals surface area contributed by atoms with E-state index in [-0.39, 0.29) is 11.9 Å². The average Bonchev–Trinajstić information content (AvgIpc) is 3.14. The van der Waals surface area contributed by atoms with Crippen LogP contribution in [-0.4, -0.2) is 15.9 Å². The standard InChI is InChI=1S/C22H23N3O2/c1-3-21(26)25-20-6-4-5-17-18(11-23-12-19(17)20)15-7-9-16(10-8-15)22-24-14(2)13-27-22/h7-13,20H,3-6H2,1-2H3,(H,25,26). The van der Waals surface area contributed by atoms with Gasteiger partial charge in [0.1, 0.15) is 6.26 Å².